The van der Waals surface area contributed by atoms with Crippen LogP contribution in [0.3, 0.4) is 0 Å². The molecule has 2 amide bonds. The Kier molecular flexibility index (Phi) is 6.78. The van der Waals surface area contributed by atoms with Crippen LogP contribution in [0.25, 0.3) is 17.2 Å². The van der Waals surface area contributed by atoms with E-state index in [9.17, 15) is 9.59 Å². The number of carbonyl (C=O) groups is 2. The number of methoxy groups -OCH3 is 1. The molecule has 5 rings (SSSR count). The van der Waals surface area contributed by atoms with Gasteiger partial charge in [-0.05, 0) is 89.6 Å². The summed E-state index contributed by atoms with van der Waals surface area (Å²) in [7, 11) is 1.62. The molecular weight excluding hydrogens is 484 g/mol. The van der Waals surface area contributed by atoms with E-state index < -0.39 is 11.8 Å². The number of thiocarbonyl (C=S) groups is 1. The van der Waals surface area contributed by atoms with Crippen molar-refractivity contribution in [3.63, 3.8) is 0 Å². The first-order valence-corrected chi connectivity index (χ1v) is 11.9. The van der Waals surface area contributed by atoms with E-state index in [2.05, 4.69) is 5.32 Å². The second kappa shape index (κ2) is 10.5. The molecule has 37 heavy (non-hydrogen) atoms. The van der Waals surface area contributed by atoms with Gasteiger partial charge < -0.3 is 9.47 Å². The van der Waals surface area contributed by atoms with Crippen LogP contribution in [0.15, 0.2) is 109 Å². The molecule has 1 heterocycles. The van der Waals surface area contributed by atoms with Gasteiger partial charge in [0.2, 0.25) is 0 Å². The number of para-hydroxylation sites is 1. The van der Waals surface area contributed by atoms with Gasteiger partial charge in [0.05, 0.1) is 12.8 Å². The molecule has 1 fully saturated rings. The predicted octanol–water partition coefficient (Wildman–Crippen LogP) is 5.99. The number of hydrogen-bond donors (Lipinski definition) is 1. The van der Waals surface area contributed by atoms with Crippen molar-refractivity contribution in [1.29, 1.82) is 0 Å². The van der Waals surface area contributed by atoms with Gasteiger partial charge in [-0.1, -0.05) is 48.5 Å². The zero-order chi connectivity index (χ0) is 25.8. The fourth-order valence-electron chi connectivity index (χ4n) is 3.96. The Morgan fingerprint density at radius 1 is 0.757 bits per heavy atom. The van der Waals surface area contributed by atoms with Gasteiger partial charge >= 0.3 is 0 Å². The molecule has 1 N–H and O–H groups in total. The van der Waals surface area contributed by atoms with Crippen molar-refractivity contribution in [2.24, 2.45) is 0 Å². The molecule has 1 saturated heterocycles. The molecule has 0 unspecified atom stereocenters. The molecule has 0 saturated carbocycles. The molecule has 1 aliphatic rings. The van der Waals surface area contributed by atoms with Crippen molar-refractivity contribution in [3.8, 4) is 28.4 Å². The highest BCUT2D eigenvalue weighted by molar-refractivity contribution is 7.80. The fourth-order valence-corrected chi connectivity index (χ4v) is 4.24. The molecule has 182 valence electrons. The largest absolute Gasteiger partial charge is 0.497 e. The third-order valence-electron chi connectivity index (χ3n) is 5.78. The topological polar surface area (TPSA) is 67.9 Å². The van der Waals surface area contributed by atoms with Crippen molar-refractivity contribution in [1.82, 2.24) is 5.32 Å². The summed E-state index contributed by atoms with van der Waals surface area (Å²) < 4.78 is 11.2. The fraction of sp³-hybridized carbons (Fsp3) is 0.0333. The minimum absolute atomic E-state index is 0.0130. The van der Waals surface area contributed by atoms with Gasteiger partial charge in [0.15, 0.2) is 5.11 Å². The molecule has 0 radical (unpaired) electrons. The summed E-state index contributed by atoms with van der Waals surface area (Å²) in [5.41, 5.74) is 3.10. The Labute approximate surface area is 219 Å². The van der Waals surface area contributed by atoms with Crippen LogP contribution in [0.1, 0.15) is 5.56 Å². The molecule has 4 aromatic rings. The number of benzene rings is 4. The highest BCUT2D eigenvalue weighted by atomic mass is 32.1. The molecule has 0 atom stereocenters. The van der Waals surface area contributed by atoms with Crippen LogP contribution in [0, 0.1) is 0 Å². The summed E-state index contributed by atoms with van der Waals surface area (Å²) >= 11 is 5.33. The SMILES string of the molecule is COc1cccc(-c2cccc(C=C3C(=O)NC(=S)N(c4ccc(Oc5ccccc5)cc4)C3=O)c2)c1. The molecule has 7 heteroatoms. The molecule has 0 aromatic heterocycles. The van der Waals surface area contributed by atoms with Crippen LogP contribution in [0.2, 0.25) is 0 Å². The summed E-state index contributed by atoms with van der Waals surface area (Å²) in [6.07, 6.45) is 1.57. The van der Waals surface area contributed by atoms with Gasteiger partial charge in [0.25, 0.3) is 11.8 Å². The van der Waals surface area contributed by atoms with E-state index in [4.69, 9.17) is 21.7 Å². The Morgan fingerprint density at radius 3 is 2.14 bits per heavy atom. The second-order valence-electron chi connectivity index (χ2n) is 8.22. The predicted molar refractivity (Wildman–Crippen MR) is 148 cm³/mol. The number of nitrogens with zero attached hydrogens (tertiary/aromatic N) is 1. The summed E-state index contributed by atoms with van der Waals surface area (Å²) in [6.45, 7) is 0. The Bertz CT molecular complexity index is 1510. The van der Waals surface area contributed by atoms with E-state index >= 15 is 0 Å². The number of carbonyl (C=O) groups excluding carboxylic acids is 2. The Hall–Kier alpha value is -4.75. The lowest BCUT2D eigenvalue weighted by Crippen LogP contribution is -2.54. The van der Waals surface area contributed by atoms with E-state index in [1.165, 1.54) is 4.90 Å². The molecule has 0 spiro atoms. The van der Waals surface area contributed by atoms with E-state index in [0.717, 1.165) is 16.9 Å². The maximum Gasteiger partial charge on any atom is 0.270 e. The van der Waals surface area contributed by atoms with Crippen LogP contribution >= 0.6 is 12.2 Å². The number of anilines is 1. The summed E-state index contributed by atoms with van der Waals surface area (Å²) in [5.74, 6) is 1.01. The molecule has 1 aliphatic heterocycles. The van der Waals surface area contributed by atoms with Crippen LogP contribution in [-0.2, 0) is 9.59 Å². The summed E-state index contributed by atoms with van der Waals surface area (Å²) in [5, 5.41) is 2.65. The van der Waals surface area contributed by atoms with Gasteiger partial charge in [-0.25, -0.2) is 0 Å². The Morgan fingerprint density at radius 2 is 1.41 bits per heavy atom. The van der Waals surface area contributed by atoms with Crippen molar-refractivity contribution < 1.29 is 19.1 Å². The standard InChI is InChI=1S/C30H22N2O4S/c1-35-26-12-6-9-22(19-26)21-8-5-7-20(17-21)18-27-28(33)31-30(37)32(29(27)34)23-13-15-25(16-14-23)36-24-10-3-2-4-11-24/h2-19H,1H3,(H,31,33,37). The van der Waals surface area contributed by atoms with Gasteiger partial charge in [-0.3, -0.25) is 19.8 Å². The molecule has 6 nitrogen and oxygen atoms in total. The molecule has 0 bridgehead atoms. The second-order valence-corrected chi connectivity index (χ2v) is 8.61. The zero-order valence-electron chi connectivity index (χ0n) is 19.9. The first-order valence-electron chi connectivity index (χ1n) is 11.5. The number of ether oxygens (including phenoxy) is 2. The maximum absolute atomic E-state index is 13.4. The van der Waals surface area contributed by atoms with Crippen molar-refractivity contribution in [2.75, 3.05) is 12.0 Å². The minimum Gasteiger partial charge on any atom is -0.497 e. The molecule has 0 aliphatic carbocycles. The molecular formula is C30H22N2O4S. The molecule has 4 aromatic carbocycles. The minimum atomic E-state index is -0.540. The van der Waals surface area contributed by atoms with E-state index in [-0.39, 0.29) is 10.7 Å². The highest BCUT2D eigenvalue weighted by Crippen LogP contribution is 2.28. The number of rotatable bonds is 6. The maximum atomic E-state index is 13.4. The van der Waals surface area contributed by atoms with Crippen molar-refractivity contribution in [3.05, 3.63) is 114 Å². The Balaban J connectivity index is 1.41. The lowest BCUT2D eigenvalue weighted by Gasteiger charge is -2.29. The quantitative estimate of drug-likeness (QED) is 0.198. The van der Waals surface area contributed by atoms with Crippen LogP contribution < -0.4 is 19.7 Å². The van der Waals surface area contributed by atoms with Gasteiger partial charge in [-0.2, -0.15) is 0 Å². The number of nitrogens with one attached hydrogen (secondary N) is 1. The van der Waals surface area contributed by atoms with Crippen LogP contribution in [-0.4, -0.2) is 24.0 Å². The van der Waals surface area contributed by atoms with Crippen molar-refractivity contribution in [2.45, 2.75) is 0 Å². The van der Waals surface area contributed by atoms with Crippen LogP contribution in [0.5, 0.6) is 17.2 Å². The van der Waals surface area contributed by atoms with E-state index in [1.54, 1.807) is 37.5 Å². The van der Waals surface area contributed by atoms with Gasteiger partial charge in [-0.15, -0.1) is 0 Å². The van der Waals surface area contributed by atoms with Crippen LogP contribution in [0.4, 0.5) is 5.69 Å². The van der Waals surface area contributed by atoms with Gasteiger partial charge in [0, 0.05) is 0 Å². The first-order chi connectivity index (χ1) is 18.0. The van der Waals surface area contributed by atoms with E-state index in [1.807, 2.05) is 78.9 Å². The lowest BCUT2D eigenvalue weighted by molar-refractivity contribution is -0.122. The van der Waals surface area contributed by atoms with Crippen molar-refractivity contribution >= 4 is 40.9 Å². The summed E-state index contributed by atoms with van der Waals surface area (Å²) in [6, 6.07) is 31.6. The average molecular weight is 507 g/mol. The normalized spacial score (nSPS) is 14.5. The number of amides is 2. The third kappa shape index (κ3) is 5.27. The lowest BCUT2D eigenvalue weighted by atomic mass is 10.0. The smallest absolute Gasteiger partial charge is 0.270 e. The monoisotopic (exact) mass is 506 g/mol. The van der Waals surface area contributed by atoms with Gasteiger partial charge in [0.1, 0.15) is 22.8 Å². The first kappa shape index (κ1) is 24.0. The zero-order valence-corrected chi connectivity index (χ0v) is 20.7. The summed E-state index contributed by atoms with van der Waals surface area (Å²) in [4.78, 5) is 27.5. The average Bonchev–Trinajstić information content (AvgIpc) is 2.93. The number of hydrogen-bond acceptors (Lipinski definition) is 5. The third-order valence-corrected chi connectivity index (χ3v) is 6.06. The highest BCUT2D eigenvalue weighted by Gasteiger charge is 2.34. The van der Waals surface area contributed by atoms with E-state index in [0.29, 0.717) is 22.7 Å².